The van der Waals surface area contributed by atoms with Gasteiger partial charge in [-0.25, -0.2) is 0 Å². The first-order valence-corrected chi connectivity index (χ1v) is 5.32. The molecule has 0 amide bonds. The van der Waals surface area contributed by atoms with Crippen LogP contribution in [0.4, 0.5) is 0 Å². The standard InChI is InChI=1S/C12H24/c1-5-8-12(4)10-7-6-9-11(2)3/h8,11H,5-7,9-10H2,1-4H3/b12-8+. The lowest BCUT2D eigenvalue weighted by Gasteiger charge is -2.04. The van der Waals surface area contributed by atoms with Crippen LogP contribution in [0, 0.1) is 5.92 Å². The highest BCUT2D eigenvalue weighted by molar-refractivity contribution is 4.96. The third kappa shape index (κ3) is 7.84. The Hall–Kier alpha value is -0.260. The van der Waals surface area contributed by atoms with E-state index >= 15 is 0 Å². The summed E-state index contributed by atoms with van der Waals surface area (Å²) >= 11 is 0. The van der Waals surface area contributed by atoms with E-state index in [0.717, 1.165) is 5.92 Å². The van der Waals surface area contributed by atoms with Gasteiger partial charge in [0.05, 0.1) is 0 Å². The first-order chi connectivity index (χ1) is 5.66. The Kier molecular flexibility index (Phi) is 7.23. The van der Waals surface area contributed by atoms with Crippen LogP contribution in [0.2, 0.25) is 0 Å². The van der Waals surface area contributed by atoms with Gasteiger partial charge in [-0.3, -0.25) is 0 Å². The van der Waals surface area contributed by atoms with E-state index in [1.165, 1.54) is 32.1 Å². The van der Waals surface area contributed by atoms with Crippen molar-refractivity contribution in [1.82, 2.24) is 0 Å². The first kappa shape index (κ1) is 11.7. The zero-order valence-electron chi connectivity index (χ0n) is 9.19. The van der Waals surface area contributed by atoms with Crippen LogP contribution < -0.4 is 0 Å². The van der Waals surface area contributed by atoms with Gasteiger partial charge in [-0.1, -0.05) is 45.3 Å². The molecule has 0 heteroatoms. The molecule has 0 heterocycles. The van der Waals surface area contributed by atoms with Crippen LogP contribution in [-0.4, -0.2) is 0 Å². The molecule has 72 valence electrons. The van der Waals surface area contributed by atoms with Crippen molar-refractivity contribution in [3.63, 3.8) is 0 Å². The molecule has 0 aromatic heterocycles. The van der Waals surface area contributed by atoms with Crippen LogP contribution in [0.5, 0.6) is 0 Å². The normalized spacial score (nSPS) is 12.6. The highest BCUT2D eigenvalue weighted by atomic mass is 14.0. The Balaban J connectivity index is 3.25. The minimum atomic E-state index is 0.875. The van der Waals surface area contributed by atoms with Crippen LogP contribution in [0.25, 0.3) is 0 Å². The van der Waals surface area contributed by atoms with Gasteiger partial charge in [-0.15, -0.1) is 0 Å². The summed E-state index contributed by atoms with van der Waals surface area (Å²) < 4.78 is 0. The third-order valence-corrected chi connectivity index (χ3v) is 2.16. The Morgan fingerprint density at radius 1 is 1.25 bits per heavy atom. The van der Waals surface area contributed by atoms with Crippen LogP contribution in [0.1, 0.15) is 59.8 Å². The molecule has 0 N–H and O–H groups in total. The van der Waals surface area contributed by atoms with Crippen molar-refractivity contribution < 1.29 is 0 Å². The Labute approximate surface area is 78.1 Å². The van der Waals surface area contributed by atoms with Gasteiger partial charge in [0.25, 0.3) is 0 Å². The molecule has 0 bridgehead atoms. The van der Waals surface area contributed by atoms with Gasteiger partial charge in [0.1, 0.15) is 0 Å². The lowest BCUT2D eigenvalue weighted by atomic mass is 10.0. The molecule has 0 aromatic carbocycles. The van der Waals surface area contributed by atoms with Crippen LogP contribution in [0.15, 0.2) is 11.6 Å². The van der Waals surface area contributed by atoms with Crippen molar-refractivity contribution in [2.45, 2.75) is 59.8 Å². The fourth-order valence-corrected chi connectivity index (χ4v) is 1.41. The van der Waals surface area contributed by atoms with Gasteiger partial charge in [0, 0.05) is 0 Å². The minimum Gasteiger partial charge on any atom is -0.0859 e. The fourth-order valence-electron chi connectivity index (χ4n) is 1.41. The lowest BCUT2D eigenvalue weighted by molar-refractivity contribution is 0.537. The summed E-state index contributed by atoms with van der Waals surface area (Å²) in [5, 5.41) is 0. The molecular formula is C12H24. The van der Waals surface area contributed by atoms with Crippen molar-refractivity contribution in [3.05, 3.63) is 11.6 Å². The third-order valence-electron chi connectivity index (χ3n) is 2.16. The Morgan fingerprint density at radius 3 is 2.42 bits per heavy atom. The first-order valence-electron chi connectivity index (χ1n) is 5.32. The van der Waals surface area contributed by atoms with Gasteiger partial charge in [-0.2, -0.15) is 0 Å². The monoisotopic (exact) mass is 168 g/mol. The molecule has 12 heavy (non-hydrogen) atoms. The second-order valence-electron chi connectivity index (χ2n) is 4.10. The van der Waals surface area contributed by atoms with Gasteiger partial charge in [0.15, 0.2) is 0 Å². The molecule has 0 rings (SSSR count). The molecule has 0 aliphatic rings. The number of hydrogen-bond donors (Lipinski definition) is 0. The lowest BCUT2D eigenvalue weighted by Crippen LogP contribution is -1.87. The topological polar surface area (TPSA) is 0 Å². The second-order valence-corrected chi connectivity index (χ2v) is 4.10. The van der Waals surface area contributed by atoms with Gasteiger partial charge in [0.2, 0.25) is 0 Å². The summed E-state index contributed by atoms with van der Waals surface area (Å²) in [5.74, 6) is 0.875. The fraction of sp³-hybridized carbons (Fsp3) is 0.833. The molecule has 0 fully saturated rings. The SMILES string of the molecule is CC/C=C(\C)CCCCC(C)C. The molecule has 0 unspecified atom stereocenters. The minimum absolute atomic E-state index is 0.875. The summed E-state index contributed by atoms with van der Waals surface area (Å²) in [6, 6.07) is 0. The Morgan fingerprint density at radius 2 is 1.92 bits per heavy atom. The zero-order valence-corrected chi connectivity index (χ0v) is 9.19. The van der Waals surface area contributed by atoms with Crippen molar-refractivity contribution in [2.24, 2.45) is 5.92 Å². The average Bonchev–Trinajstić information content (AvgIpc) is 1.98. The number of allylic oxidation sites excluding steroid dienone is 2. The van der Waals surface area contributed by atoms with E-state index < -0.39 is 0 Å². The highest BCUT2D eigenvalue weighted by Gasteiger charge is 1.94. The second kappa shape index (κ2) is 7.39. The predicted molar refractivity (Wildman–Crippen MR) is 57.4 cm³/mol. The summed E-state index contributed by atoms with van der Waals surface area (Å²) in [6.45, 7) is 9.06. The molecule has 0 nitrogen and oxygen atoms in total. The van der Waals surface area contributed by atoms with Gasteiger partial charge < -0.3 is 0 Å². The van der Waals surface area contributed by atoms with Crippen LogP contribution in [0.3, 0.4) is 0 Å². The maximum Gasteiger partial charge on any atom is -0.0323 e. The number of hydrogen-bond acceptors (Lipinski definition) is 0. The molecule has 0 aliphatic carbocycles. The molecule has 0 saturated carbocycles. The van der Waals surface area contributed by atoms with E-state index in [4.69, 9.17) is 0 Å². The summed E-state index contributed by atoms with van der Waals surface area (Å²) in [6.07, 6.45) is 9.00. The summed E-state index contributed by atoms with van der Waals surface area (Å²) in [4.78, 5) is 0. The predicted octanol–water partition coefficient (Wildman–Crippen LogP) is 4.56. The summed E-state index contributed by atoms with van der Waals surface area (Å²) in [7, 11) is 0. The van der Waals surface area contributed by atoms with E-state index in [1.807, 2.05) is 0 Å². The van der Waals surface area contributed by atoms with E-state index in [2.05, 4.69) is 33.8 Å². The van der Waals surface area contributed by atoms with Crippen molar-refractivity contribution >= 4 is 0 Å². The zero-order chi connectivity index (χ0) is 9.40. The molecule has 0 aromatic rings. The highest BCUT2D eigenvalue weighted by Crippen LogP contribution is 2.12. The van der Waals surface area contributed by atoms with Gasteiger partial charge >= 0.3 is 0 Å². The maximum atomic E-state index is 2.34. The van der Waals surface area contributed by atoms with Crippen molar-refractivity contribution in [2.75, 3.05) is 0 Å². The Bertz CT molecular complexity index is 120. The maximum absolute atomic E-state index is 2.34. The van der Waals surface area contributed by atoms with Crippen molar-refractivity contribution in [1.29, 1.82) is 0 Å². The van der Waals surface area contributed by atoms with E-state index in [9.17, 15) is 0 Å². The van der Waals surface area contributed by atoms with Gasteiger partial charge in [-0.05, 0) is 32.1 Å². The van der Waals surface area contributed by atoms with Crippen LogP contribution in [-0.2, 0) is 0 Å². The molecule has 0 aliphatic heterocycles. The van der Waals surface area contributed by atoms with E-state index in [-0.39, 0.29) is 0 Å². The largest absolute Gasteiger partial charge is 0.0859 e. The van der Waals surface area contributed by atoms with Crippen LogP contribution >= 0.6 is 0 Å². The molecule has 0 spiro atoms. The van der Waals surface area contributed by atoms with Crippen molar-refractivity contribution in [3.8, 4) is 0 Å². The van der Waals surface area contributed by atoms with E-state index in [1.54, 1.807) is 5.57 Å². The van der Waals surface area contributed by atoms with E-state index in [0.29, 0.717) is 0 Å². The summed E-state index contributed by atoms with van der Waals surface area (Å²) in [5.41, 5.74) is 1.57. The smallest absolute Gasteiger partial charge is 0.0323 e. The molecule has 0 atom stereocenters. The molecule has 0 radical (unpaired) electrons. The number of unbranched alkanes of at least 4 members (excludes halogenated alkanes) is 1. The average molecular weight is 168 g/mol. The molecular weight excluding hydrogens is 144 g/mol. The quantitative estimate of drug-likeness (QED) is 0.403. The molecule has 0 saturated heterocycles. The number of rotatable bonds is 6.